The van der Waals surface area contributed by atoms with Crippen molar-refractivity contribution < 1.29 is 23.9 Å². The molecule has 1 atom stereocenters. The van der Waals surface area contributed by atoms with E-state index in [0.717, 1.165) is 5.57 Å². The molecule has 0 amide bonds. The first kappa shape index (κ1) is 13.8. The lowest BCUT2D eigenvalue weighted by Gasteiger charge is -2.42. The summed E-state index contributed by atoms with van der Waals surface area (Å²) in [5.41, 5.74) is -0.682. The molecule has 0 aromatic carbocycles. The van der Waals surface area contributed by atoms with Gasteiger partial charge in [-0.15, -0.1) is 0 Å². The van der Waals surface area contributed by atoms with E-state index in [4.69, 9.17) is 9.47 Å². The van der Waals surface area contributed by atoms with Crippen LogP contribution in [0.1, 0.15) is 32.6 Å². The number of esters is 2. The Labute approximate surface area is 111 Å². The fourth-order valence-electron chi connectivity index (χ4n) is 3.39. The van der Waals surface area contributed by atoms with Gasteiger partial charge in [0.05, 0.1) is 14.2 Å². The molecule has 0 N–H and O–H groups in total. The molecule has 2 aliphatic carbocycles. The van der Waals surface area contributed by atoms with Crippen LogP contribution in [-0.4, -0.2) is 31.9 Å². The van der Waals surface area contributed by atoms with Crippen LogP contribution in [0.4, 0.5) is 0 Å². The van der Waals surface area contributed by atoms with E-state index in [1.54, 1.807) is 6.08 Å². The van der Waals surface area contributed by atoms with Gasteiger partial charge in [-0.3, -0.25) is 14.4 Å². The Morgan fingerprint density at radius 3 is 2.32 bits per heavy atom. The molecule has 5 heteroatoms. The van der Waals surface area contributed by atoms with Crippen molar-refractivity contribution in [1.29, 1.82) is 0 Å². The maximum atomic E-state index is 12.1. The van der Waals surface area contributed by atoms with Gasteiger partial charge in [-0.25, -0.2) is 0 Å². The molecular weight excluding hydrogens is 248 g/mol. The van der Waals surface area contributed by atoms with E-state index in [1.165, 1.54) is 14.2 Å². The van der Waals surface area contributed by atoms with Gasteiger partial charge in [0.25, 0.3) is 0 Å². The maximum Gasteiger partial charge on any atom is 0.323 e. The molecule has 104 valence electrons. The van der Waals surface area contributed by atoms with Gasteiger partial charge >= 0.3 is 11.9 Å². The lowest BCUT2D eigenvalue weighted by Crippen LogP contribution is -2.47. The highest BCUT2D eigenvalue weighted by Crippen LogP contribution is 2.54. The van der Waals surface area contributed by atoms with Crippen molar-refractivity contribution in [2.75, 3.05) is 14.2 Å². The van der Waals surface area contributed by atoms with Crippen LogP contribution in [0.3, 0.4) is 0 Å². The van der Waals surface area contributed by atoms with Crippen molar-refractivity contribution in [3.05, 3.63) is 11.6 Å². The Balaban J connectivity index is 2.39. The first-order valence-corrected chi connectivity index (χ1v) is 6.29. The Hall–Kier alpha value is -1.65. The first-order valence-electron chi connectivity index (χ1n) is 6.29. The zero-order valence-electron chi connectivity index (χ0n) is 11.4. The van der Waals surface area contributed by atoms with E-state index >= 15 is 0 Å². The van der Waals surface area contributed by atoms with Gasteiger partial charge in [-0.1, -0.05) is 12.5 Å². The zero-order chi connectivity index (χ0) is 14.3. The number of hydrogen-bond donors (Lipinski definition) is 0. The second-order valence-corrected chi connectivity index (χ2v) is 5.62. The number of carbonyl (C=O) groups is 3. The molecule has 2 aliphatic rings. The molecule has 0 spiro atoms. The van der Waals surface area contributed by atoms with Crippen LogP contribution in [0.2, 0.25) is 0 Å². The van der Waals surface area contributed by atoms with Crippen LogP contribution in [-0.2, 0) is 23.9 Å². The molecule has 5 nitrogen and oxygen atoms in total. The number of hydrogen-bond acceptors (Lipinski definition) is 5. The summed E-state index contributed by atoms with van der Waals surface area (Å²) in [7, 11) is 2.53. The second-order valence-electron chi connectivity index (χ2n) is 5.62. The Kier molecular flexibility index (Phi) is 3.24. The highest BCUT2D eigenvalue weighted by molar-refractivity contribution is 6.01. The minimum absolute atomic E-state index is 0.0584. The first-order chi connectivity index (χ1) is 8.88. The van der Waals surface area contributed by atoms with E-state index in [9.17, 15) is 14.4 Å². The summed E-state index contributed by atoms with van der Waals surface area (Å²) >= 11 is 0. The maximum absolute atomic E-state index is 12.1. The quantitative estimate of drug-likeness (QED) is 0.558. The average molecular weight is 266 g/mol. The predicted octanol–water partition coefficient (Wildman–Crippen LogP) is 1.41. The number of ether oxygens (including phenoxy) is 2. The van der Waals surface area contributed by atoms with Gasteiger partial charge in [0.2, 0.25) is 0 Å². The van der Waals surface area contributed by atoms with E-state index < -0.39 is 22.8 Å². The SMILES string of the molecule is COC(=O)C1(C(=O)OC)CCC2=CC(=O)CC2(C)C1. The Morgan fingerprint density at radius 1 is 1.21 bits per heavy atom. The summed E-state index contributed by atoms with van der Waals surface area (Å²) in [6.45, 7) is 1.92. The van der Waals surface area contributed by atoms with Gasteiger partial charge in [0.1, 0.15) is 0 Å². The number of rotatable bonds is 2. The molecule has 1 unspecified atom stereocenters. The summed E-state index contributed by atoms with van der Waals surface area (Å²) in [6, 6.07) is 0. The standard InChI is InChI=1S/C14H18O5/c1-13-7-10(15)6-9(13)4-5-14(8-13,11(16)18-2)12(17)19-3/h6H,4-5,7-8H2,1-3H3. The van der Waals surface area contributed by atoms with Gasteiger partial charge in [-0.2, -0.15) is 0 Å². The molecule has 0 saturated heterocycles. The molecule has 0 radical (unpaired) electrons. The smallest absolute Gasteiger partial charge is 0.323 e. The van der Waals surface area contributed by atoms with Crippen molar-refractivity contribution in [2.45, 2.75) is 32.6 Å². The van der Waals surface area contributed by atoms with Crippen LogP contribution >= 0.6 is 0 Å². The molecule has 2 rings (SSSR count). The number of allylic oxidation sites excluding steroid dienone is 2. The Bertz CT molecular complexity index is 460. The summed E-state index contributed by atoms with van der Waals surface area (Å²) < 4.78 is 9.58. The van der Waals surface area contributed by atoms with Crippen LogP contribution in [0, 0.1) is 10.8 Å². The highest BCUT2D eigenvalue weighted by atomic mass is 16.5. The Morgan fingerprint density at radius 2 is 1.79 bits per heavy atom. The third-order valence-corrected chi connectivity index (χ3v) is 4.34. The lowest BCUT2D eigenvalue weighted by atomic mass is 9.61. The number of methoxy groups -OCH3 is 2. The third kappa shape index (κ3) is 1.97. The predicted molar refractivity (Wildman–Crippen MR) is 66.1 cm³/mol. The monoisotopic (exact) mass is 266 g/mol. The van der Waals surface area contributed by atoms with Crippen molar-refractivity contribution in [3.63, 3.8) is 0 Å². The van der Waals surface area contributed by atoms with Crippen LogP contribution in [0.5, 0.6) is 0 Å². The van der Waals surface area contributed by atoms with Crippen LogP contribution in [0.25, 0.3) is 0 Å². The highest BCUT2D eigenvalue weighted by Gasteiger charge is 2.57. The number of carbonyl (C=O) groups excluding carboxylic acids is 3. The molecule has 0 aromatic rings. The molecule has 1 fully saturated rings. The molecule has 0 aromatic heterocycles. The summed E-state index contributed by atoms with van der Waals surface area (Å²) in [5, 5.41) is 0. The molecule has 19 heavy (non-hydrogen) atoms. The minimum Gasteiger partial charge on any atom is -0.468 e. The van der Waals surface area contributed by atoms with Crippen molar-refractivity contribution in [3.8, 4) is 0 Å². The number of ketones is 1. The normalized spacial score (nSPS) is 28.4. The zero-order valence-corrected chi connectivity index (χ0v) is 11.4. The molecule has 1 saturated carbocycles. The summed E-state index contributed by atoms with van der Waals surface area (Å²) in [4.78, 5) is 35.7. The lowest BCUT2D eigenvalue weighted by molar-refractivity contribution is -0.173. The molecular formula is C14H18O5. The van der Waals surface area contributed by atoms with E-state index in [1.807, 2.05) is 6.92 Å². The van der Waals surface area contributed by atoms with Gasteiger partial charge in [0, 0.05) is 6.42 Å². The number of fused-ring (bicyclic) bond motifs is 1. The third-order valence-electron chi connectivity index (χ3n) is 4.34. The van der Waals surface area contributed by atoms with Crippen molar-refractivity contribution >= 4 is 17.7 Å². The molecule has 0 aliphatic heterocycles. The largest absolute Gasteiger partial charge is 0.468 e. The summed E-state index contributed by atoms with van der Waals surface area (Å²) in [6.07, 6.45) is 3.15. The van der Waals surface area contributed by atoms with Gasteiger partial charge in [-0.05, 0) is 30.8 Å². The average Bonchev–Trinajstić information content (AvgIpc) is 2.69. The second kappa shape index (κ2) is 4.47. The fraction of sp³-hybridized carbons (Fsp3) is 0.643. The minimum atomic E-state index is -1.28. The van der Waals surface area contributed by atoms with Crippen molar-refractivity contribution in [1.82, 2.24) is 0 Å². The summed E-state index contributed by atoms with van der Waals surface area (Å²) in [5.74, 6) is -1.08. The fourth-order valence-corrected chi connectivity index (χ4v) is 3.39. The van der Waals surface area contributed by atoms with E-state index in [2.05, 4.69) is 0 Å². The van der Waals surface area contributed by atoms with Gasteiger partial charge in [0.15, 0.2) is 11.2 Å². The van der Waals surface area contributed by atoms with E-state index in [0.29, 0.717) is 19.3 Å². The van der Waals surface area contributed by atoms with Gasteiger partial charge < -0.3 is 9.47 Å². The molecule has 0 heterocycles. The van der Waals surface area contributed by atoms with Crippen LogP contribution in [0.15, 0.2) is 11.6 Å². The van der Waals surface area contributed by atoms with Crippen molar-refractivity contribution in [2.24, 2.45) is 10.8 Å². The topological polar surface area (TPSA) is 69.7 Å². The van der Waals surface area contributed by atoms with E-state index in [-0.39, 0.29) is 12.2 Å². The molecule has 0 bridgehead atoms. The van der Waals surface area contributed by atoms with Crippen LogP contribution < -0.4 is 0 Å².